The van der Waals surface area contributed by atoms with Gasteiger partial charge < -0.3 is 10.2 Å². The summed E-state index contributed by atoms with van der Waals surface area (Å²) in [4.78, 5) is 6.76. The van der Waals surface area contributed by atoms with Crippen molar-refractivity contribution in [3.63, 3.8) is 0 Å². The van der Waals surface area contributed by atoms with Crippen LogP contribution in [0.4, 0.5) is 0 Å². The van der Waals surface area contributed by atoms with Crippen molar-refractivity contribution in [2.75, 3.05) is 32.9 Å². The Morgan fingerprint density at radius 2 is 1.96 bits per heavy atom. The number of hydrogen-bond acceptors (Lipinski definition) is 4. The second-order valence-electron chi connectivity index (χ2n) is 6.78. The van der Waals surface area contributed by atoms with Crippen LogP contribution in [0.3, 0.4) is 0 Å². The molecule has 1 atom stereocenters. The Kier molecular flexibility index (Phi) is 7.79. The first-order valence-electron chi connectivity index (χ1n) is 8.91. The van der Waals surface area contributed by atoms with Crippen LogP contribution in [0, 0.1) is 5.92 Å². The zero-order valence-corrected chi connectivity index (χ0v) is 17.7. The maximum atomic E-state index is 11.6. The molecule has 1 aromatic rings. The van der Waals surface area contributed by atoms with Crippen LogP contribution in [0.25, 0.3) is 0 Å². The van der Waals surface area contributed by atoms with Gasteiger partial charge in [-0.15, -0.1) is 0 Å². The summed E-state index contributed by atoms with van der Waals surface area (Å²) in [6.45, 7) is 7.24. The second kappa shape index (κ2) is 9.62. The number of sulfonamides is 1. The average Bonchev–Trinajstić information content (AvgIpc) is 2.63. The van der Waals surface area contributed by atoms with Crippen molar-refractivity contribution in [3.05, 3.63) is 35.4 Å². The van der Waals surface area contributed by atoms with Gasteiger partial charge in [-0.2, -0.15) is 11.8 Å². The van der Waals surface area contributed by atoms with Gasteiger partial charge in [-0.3, -0.25) is 4.99 Å². The summed E-state index contributed by atoms with van der Waals surface area (Å²) in [5, 5.41) is 4.06. The van der Waals surface area contributed by atoms with Gasteiger partial charge >= 0.3 is 0 Å². The Morgan fingerprint density at radius 1 is 1.31 bits per heavy atom. The van der Waals surface area contributed by atoms with Crippen LogP contribution in [-0.2, 0) is 22.3 Å². The molecule has 0 radical (unpaired) electrons. The van der Waals surface area contributed by atoms with Crippen molar-refractivity contribution in [1.29, 1.82) is 0 Å². The molecule has 1 unspecified atom stereocenters. The third-order valence-corrected chi connectivity index (χ3v) is 7.36. The summed E-state index contributed by atoms with van der Waals surface area (Å²) in [7, 11) is 0.0170. The van der Waals surface area contributed by atoms with E-state index in [4.69, 9.17) is 0 Å². The van der Waals surface area contributed by atoms with Crippen molar-refractivity contribution in [3.8, 4) is 0 Å². The van der Waals surface area contributed by atoms with Crippen LogP contribution in [0.15, 0.2) is 29.3 Å². The maximum absolute atomic E-state index is 11.6. The number of thioether (sulfide) groups is 1. The highest BCUT2D eigenvalue weighted by atomic mass is 32.2. The van der Waals surface area contributed by atoms with E-state index in [9.17, 15) is 8.42 Å². The predicted octanol–water partition coefficient (Wildman–Crippen LogP) is 1.88. The van der Waals surface area contributed by atoms with Crippen LogP contribution in [-0.4, -0.2) is 57.5 Å². The van der Waals surface area contributed by atoms with Gasteiger partial charge in [0.2, 0.25) is 10.0 Å². The lowest BCUT2D eigenvalue weighted by Crippen LogP contribution is -2.48. The van der Waals surface area contributed by atoms with Crippen molar-refractivity contribution in [1.82, 2.24) is 14.9 Å². The van der Waals surface area contributed by atoms with Crippen molar-refractivity contribution < 1.29 is 8.42 Å². The summed E-state index contributed by atoms with van der Waals surface area (Å²) in [5.74, 6) is 2.71. The van der Waals surface area contributed by atoms with E-state index in [1.807, 2.05) is 43.1 Å². The first-order valence-corrected chi connectivity index (χ1v) is 11.6. The van der Waals surface area contributed by atoms with Crippen LogP contribution in [0.2, 0.25) is 0 Å². The number of nitrogens with one attached hydrogen (secondary N) is 2. The summed E-state index contributed by atoms with van der Waals surface area (Å²) in [6, 6.07) is 7.65. The molecule has 1 aliphatic rings. The lowest BCUT2D eigenvalue weighted by Gasteiger charge is -2.36. The second-order valence-corrected chi connectivity index (χ2v) is 10.1. The number of nitrogens with zero attached hydrogens (tertiary/aromatic N) is 2. The Bertz CT molecular complexity index is 702. The highest BCUT2D eigenvalue weighted by molar-refractivity contribution is 8.00. The highest BCUT2D eigenvalue weighted by Gasteiger charge is 2.24. The molecule has 8 heteroatoms. The van der Waals surface area contributed by atoms with E-state index >= 15 is 0 Å². The third kappa shape index (κ3) is 6.17. The first-order chi connectivity index (χ1) is 12.3. The Hall–Kier alpha value is -1.25. The number of rotatable bonds is 6. The number of benzene rings is 1. The number of aliphatic imine (C=N–C) groups is 1. The van der Waals surface area contributed by atoms with Gasteiger partial charge in [0.05, 0.1) is 5.75 Å². The average molecular weight is 399 g/mol. The van der Waals surface area contributed by atoms with Gasteiger partial charge in [0.15, 0.2) is 5.96 Å². The Labute approximate surface area is 161 Å². The molecule has 0 aliphatic carbocycles. The molecular weight excluding hydrogens is 368 g/mol. The van der Waals surface area contributed by atoms with Crippen LogP contribution < -0.4 is 10.0 Å². The highest BCUT2D eigenvalue weighted by Crippen LogP contribution is 2.24. The number of guanidine groups is 1. The molecule has 0 spiro atoms. The van der Waals surface area contributed by atoms with Gasteiger partial charge in [-0.05, 0) is 24.1 Å². The zero-order valence-electron chi connectivity index (χ0n) is 16.0. The molecule has 146 valence electrons. The topological polar surface area (TPSA) is 73.8 Å². The lowest BCUT2D eigenvalue weighted by atomic mass is 10.1. The summed E-state index contributed by atoms with van der Waals surface area (Å²) in [5.41, 5.74) is 1.88. The predicted molar refractivity (Wildman–Crippen MR) is 111 cm³/mol. The Balaban J connectivity index is 1.92. The fourth-order valence-corrected chi connectivity index (χ4v) is 4.90. The van der Waals surface area contributed by atoms with Crippen molar-refractivity contribution in [2.24, 2.45) is 10.9 Å². The van der Waals surface area contributed by atoms with Gasteiger partial charge in [-0.1, -0.05) is 38.1 Å². The smallest absolute Gasteiger partial charge is 0.215 e. The quantitative estimate of drug-likeness (QED) is 0.565. The molecule has 1 saturated heterocycles. The molecular formula is C18H30N4O2S2. The summed E-state index contributed by atoms with van der Waals surface area (Å²) < 4.78 is 25.6. The van der Waals surface area contributed by atoms with E-state index in [-0.39, 0.29) is 5.75 Å². The fraction of sp³-hybridized carbons (Fsp3) is 0.611. The zero-order chi connectivity index (χ0) is 19.2. The Morgan fingerprint density at radius 3 is 2.54 bits per heavy atom. The molecule has 1 heterocycles. The van der Waals surface area contributed by atoms with E-state index in [1.165, 1.54) is 7.05 Å². The summed E-state index contributed by atoms with van der Waals surface area (Å²) in [6.07, 6.45) is 0. The molecule has 6 nitrogen and oxygen atoms in total. The fourth-order valence-electron chi connectivity index (χ4n) is 2.83. The van der Waals surface area contributed by atoms with Crippen LogP contribution >= 0.6 is 11.8 Å². The SMILES string of the molecule is CN=C(NCc1ccc(CS(=O)(=O)NC)cc1)N1CCSC(C(C)C)C1. The monoisotopic (exact) mass is 398 g/mol. The van der Waals surface area contributed by atoms with E-state index in [0.29, 0.717) is 17.7 Å². The summed E-state index contributed by atoms with van der Waals surface area (Å²) >= 11 is 2.05. The molecule has 1 fully saturated rings. The van der Waals surface area contributed by atoms with E-state index in [2.05, 4.69) is 33.8 Å². The molecule has 0 amide bonds. The minimum absolute atomic E-state index is 0.000905. The van der Waals surface area contributed by atoms with Gasteiger partial charge in [0.1, 0.15) is 0 Å². The van der Waals surface area contributed by atoms with Gasteiger partial charge in [0, 0.05) is 37.7 Å². The standard InChI is InChI=1S/C18H30N4O2S2/c1-14(2)17-12-22(9-10-25-17)18(19-3)21-11-15-5-7-16(8-6-15)13-26(23,24)20-4/h5-8,14,17,20H,9-13H2,1-4H3,(H,19,21). The van der Waals surface area contributed by atoms with Gasteiger partial charge in [-0.25, -0.2) is 13.1 Å². The third-order valence-electron chi connectivity index (χ3n) is 4.49. The molecule has 1 aliphatic heterocycles. The minimum atomic E-state index is -3.24. The lowest BCUT2D eigenvalue weighted by molar-refractivity contribution is 0.380. The molecule has 0 saturated carbocycles. The van der Waals surface area contributed by atoms with Crippen LogP contribution in [0.1, 0.15) is 25.0 Å². The largest absolute Gasteiger partial charge is 0.352 e. The van der Waals surface area contributed by atoms with Crippen molar-refractivity contribution >= 4 is 27.7 Å². The first kappa shape index (κ1) is 21.1. The molecule has 1 aromatic carbocycles. The van der Waals surface area contributed by atoms with Crippen LogP contribution in [0.5, 0.6) is 0 Å². The van der Waals surface area contributed by atoms with Crippen molar-refractivity contribution in [2.45, 2.75) is 31.4 Å². The number of hydrogen-bond donors (Lipinski definition) is 2. The van der Waals surface area contributed by atoms with E-state index in [0.717, 1.165) is 35.9 Å². The maximum Gasteiger partial charge on any atom is 0.215 e. The molecule has 2 rings (SSSR count). The van der Waals surface area contributed by atoms with E-state index in [1.54, 1.807) is 0 Å². The molecule has 0 bridgehead atoms. The molecule has 26 heavy (non-hydrogen) atoms. The molecule has 2 N–H and O–H groups in total. The van der Waals surface area contributed by atoms with Gasteiger partial charge in [0.25, 0.3) is 0 Å². The minimum Gasteiger partial charge on any atom is -0.352 e. The van der Waals surface area contributed by atoms with E-state index < -0.39 is 10.0 Å². The molecule has 0 aromatic heterocycles. The normalized spacial score (nSPS) is 19.0.